The molecule has 0 spiro atoms. The van der Waals surface area contributed by atoms with E-state index in [1.54, 1.807) is 6.26 Å². The molecular weight excluding hydrogens is 434 g/mol. The van der Waals surface area contributed by atoms with E-state index in [0.717, 1.165) is 0 Å². The van der Waals surface area contributed by atoms with Crippen LogP contribution in [0.4, 0.5) is 0 Å². The first kappa shape index (κ1) is 28.1. The van der Waals surface area contributed by atoms with Crippen molar-refractivity contribution in [3.05, 3.63) is 0 Å². The van der Waals surface area contributed by atoms with E-state index in [9.17, 15) is 33.9 Å². The number of primary amides is 1. The summed E-state index contributed by atoms with van der Waals surface area (Å²) in [5, 5.41) is 24.9. The third-order valence-electron chi connectivity index (χ3n) is 3.96. The highest BCUT2D eigenvalue weighted by Gasteiger charge is 2.31. The molecule has 0 aromatic carbocycles. The van der Waals surface area contributed by atoms with Gasteiger partial charge in [-0.25, -0.2) is 4.79 Å². The first-order valence-corrected chi connectivity index (χ1v) is 10.7. The molecule has 0 saturated heterocycles. The zero-order valence-electron chi connectivity index (χ0n) is 17.3. The number of nitrogens with one attached hydrogen (secondary N) is 3. The van der Waals surface area contributed by atoms with Gasteiger partial charge in [0.25, 0.3) is 0 Å². The molecule has 0 aliphatic carbocycles. The first-order chi connectivity index (χ1) is 14.4. The molecule has 13 nitrogen and oxygen atoms in total. The summed E-state index contributed by atoms with van der Waals surface area (Å²) < 4.78 is 0. The number of rotatable bonds is 15. The van der Waals surface area contributed by atoms with Gasteiger partial charge in [0.15, 0.2) is 0 Å². The zero-order valence-corrected chi connectivity index (χ0v) is 18.1. The van der Waals surface area contributed by atoms with Gasteiger partial charge in [-0.1, -0.05) is 0 Å². The van der Waals surface area contributed by atoms with Crippen LogP contribution in [0, 0.1) is 0 Å². The van der Waals surface area contributed by atoms with E-state index in [1.165, 1.54) is 18.7 Å². The Balaban J connectivity index is 5.47. The molecule has 9 N–H and O–H groups in total. The molecule has 14 heteroatoms. The second kappa shape index (κ2) is 14.2. The fraction of sp³-hybridized carbons (Fsp3) is 0.647. The summed E-state index contributed by atoms with van der Waals surface area (Å²) in [5.74, 6) is -5.70. The number of hydrogen-bond acceptors (Lipinski definition) is 8. The molecule has 0 aliphatic heterocycles. The summed E-state index contributed by atoms with van der Waals surface area (Å²) in [6, 6.07) is -5.20. The average molecular weight is 464 g/mol. The van der Waals surface area contributed by atoms with Crippen LogP contribution < -0.4 is 27.4 Å². The highest BCUT2D eigenvalue weighted by molar-refractivity contribution is 7.98. The lowest BCUT2D eigenvalue weighted by Gasteiger charge is -2.24. The second-order valence-corrected chi connectivity index (χ2v) is 7.68. The Morgan fingerprint density at radius 3 is 1.84 bits per heavy atom. The van der Waals surface area contributed by atoms with E-state index in [0.29, 0.717) is 5.75 Å². The summed E-state index contributed by atoms with van der Waals surface area (Å²) >= 11 is 1.37. The van der Waals surface area contributed by atoms with Crippen LogP contribution in [0.1, 0.15) is 32.6 Å². The molecule has 4 atom stereocenters. The average Bonchev–Trinajstić information content (AvgIpc) is 2.66. The van der Waals surface area contributed by atoms with Crippen LogP contribution in [0.25, 0.3) is 0 Å². The molecular formula is C17H29N5O8S. The van der Waals surface area contributed by atoms with Gasteiger partial charge >= 0.3 is 11.9 Å². The van der Waals surface area contributed by atoms with E-state index in [2.05, 4.69) is 16.0 Å². The molecule has 0 rings (SSSR count). The third kappa shape index (κ3) is 11.8. The van der Waals surface area contributed by atoms with Crippen LogP contribution >= 0.6 is 11.8 Å². The maximum Gasteiger partial charge on any atom is 0.326 e. The van der Waals surface area contributed by atoms with Crippen molar-refractivity contribution in [1.82, 2.24) is 16.0 Å². The molecule has 31 heavy (non-hydrogen) atoms. The molecule has 0 saturated carbocycles. The maximum atomic E-state index is 12.6. The zero-order chi connectivity index (χ0) is 24.1. The number of thioether (sulfide) groups is 1. The number of amides is 4. The number of carboxylic acid groups (broad SMARTS) is 2. The van der Waals surface area contributed by atoms with Gasteiger partial charge in [-0.05, 0) is 31.8 Å². The van der Waals surface area contributed by atoms with Gasteiger partial charge in [-0.2, -0.15) is 11.8 Å². The molecule has 0 heterocycles. The normalized spacial score (nSPS) is 14.4. The molecule has 4 unspecified atom stereocenters. The molecule has 0 aliphatic rings. The number of aliphatic carboxylic acids is 2. The second-order valence-electron chi connectivity index (χ2n) is 6.69. The lowest BCUT2D eigenvalue weighted by Crippen LogP contribution is -2.57. The van der Waals surface area contributed by atoms with E-state index in [4.69, 9.17) is 16.6 Å². The van der Waals surface area contributed by atoms with E-state index in [-0.39, 0.29) is 19.3 Å². The monoisotopic (exact) mass is 463 g/mol. The van der Waals surface area contributed by atoms with Gasteiger partial charge in [0.1, 0.15) is 18.1 Å². The van der Waals surface area contributed by atoms with Gasteiger partial charge in [-0.3, -0.25) is 24.0 Å². The fourth-order valence-corrected chi connectivity index (χ4v) is 2.75. The van der Waals surface area contributed by atoms with Gasteiger partial charge < -0.3 is 37.6 Å². The summed E-state index contributed by atoms with van der Waals surface area (Å²) in [5.41, 5.74) is 10.5. The molecule has 0 aromatic heterocycles. The van der Waals surface area contributed by atoms with Gasteiger partial charge in [0.05, 0.1) is 12.5 Å². The number of hydrogen-bond donors (Lipinski definition) is 7. The molecule has 0 fully saturated rings. The molecule has 0 aromatic rings. The van der Waals surface area contributed by atoms with Crippen LogP contribution in [0.5, 0.6) is 0 Å². The van der Waals surface area contributed by atoms with Crippen molar-refractivity contribution < 1.29 is 39.0 Å². The summed E-state index contributed by atoms with van der Waals surface area (Å²) in [6.45, 7) is 1.33. The smallest absolute Gasteiger partial charge is 0.326 e. The van der Waals surface area contributed by atoms with Crippen LogP contribution in [-0.2, 0) is 28.8 Å². The Bertz CT molecular complexity index is 687. The lowest BCUT2D eigenvalue weighted by atomic mass is 10.1. The first-order valence-electron chi connectivity index (χ1n) is 9.27. The van der Waals surface area contributed by atoms with Crippen molar-refractivity contribution in [1.29, 1.82) is 0 Å². The van der Waals surface area contributed by atoms with Crippen molar-refractivity contribution in [3.63, 3.8) is 0 Å². The predicted molar refractivity (Wildman–Crippen MR) is 111 cm³/mol. The Kier molecular flexibility index (Phi) is 12.9. The molecule has 0 radical (unpaired) electrons. The minimum absolute atomic E-state index is 0.116. The number of nitrogens with two attached hydrogens (primary N) is 2. The number of carbonyl (C=O) groups is 6. The molecule has 0 bridgehead atoms. The summed E-state index contributed by atoms with van der Waals surface area (Å²) in [7, 11) is 0. The minimum Gasteiger partial charge on any atom is -0.481 e. The third-order valence-corrected chi connectivity index (χ3v) is 4.61. The molecule has 4 amide bonds. The maximum absolute atomic E-state index is 12.6. The van der Waals surface area contributed by atoms with E-state index < -0.39 is 66.2 Å². The minimum atomic E-state index is -1.55. The SMILES string of the molecule is CSCCC(NC(=O)C(CCC(N)=O)NC(=O)C(CC(=O)O)NC(=O)C(C)N)C(=O)O. The Morgan fingerprint density at radius 2 is 1.39 bits per heavy atom. The van der Waals surface area contributed by atoms with Crippen LogP contribution in [0.15, 0.2) is 0 Å². The highest BCUT2D eigenvalue weighted by Crippen LogP contribution is 2.05. The molecule has 176 valence electrons. The number of carbonyl (C=O) groups excluding carboxylic acids is 4. The van der Waals surface area contributed by atoms with Crippen LogP contribution in [-0.4, -0.2) is 82.0 Å². The van der Waals surface area contributed by atoms with Crippen molar-refractivity contribution >= 4 is 47.3 Å². The van der Waals surface area contributed by atoms with Gasteiger partial charge in [0.2, 0.25) is 23.6 Å². The Hall–Kier alpha value is -2.87. The lowest BCUT2D eigenvalue weighted by molar-refractivity contribution is -0.143. The standard InChI is InChI=1S/C17H29N5O8S/c1-8(18)14(26)22-11(7-13(24)25)16(28)20-9(3-4-12(19)23)15(27)21-10(17(29)30)5-6-31-2/h8-11H,3-7,18H2,1-2H3,(H2,19,23)(H,20,28)(H,21,27)(H,22,26)(H,24,25)(H,29,30). The van der Waals surface area contributed by atoms with Crippen LogP contribution in [0.2, 0.25) is 0 Å². The topological polar surface area (TPSA) is 231 Å². The number of carboxylic acids is 2. The van der Waals surface area contributed by atoms with Gasteiger partial charge in [-0.15, -0.1) is 0 Å². The van der Waals surface area contributed by atoms with E-state index >= 15 is 0 Å². The summed E-state index contributed by atoms with van der Waals surface area (Å²) in [6.07, 6.45) is 0.514. The summed E-state index contributed by atoms with van der Waals surface area (Å²) in [4.78, 5) is 70.4. The van der Waals surface area contributed by atoms with Crippen molar-refractivity contribution in [3.8, 4) is 0 Å². The predicted octanol–water partition coefficient (Wildman–Crippen LogP) is -2.63. The Labute approximate surface area is 183 Å². The van der Waals surface area contributed by atoms with Crippen LogP contribution in [0.3, 0.4) is 0 Å². The fourth-order valence-electron chi connectivity index (χ4n) is 2.28. The van der Waals surface area contributed by atoms with Crippen molar-refractivity contribution in [2.45, 2.75) is 56.8 Å². The Morgan fingerprint density at radius 1 is 0.871 bits per heavy atom. The highest BCUT2D eigenvalue weighted by atomic mass is 32.2. The largest absolute Gasteiger partial charge is 0.481 e. The van der Waals surface area contributed by atoms with Crippen molar-refractivity contribution in [2.75, 3.05) is 12.0 Å². The van der Waals surface area contributed by atoms with Crippen molar-refractivity contribution in [2.24, 2.45) is 11.5 Å². The quantitative estimate of drug-likeness (QED) is 0.133. The van der Waals surface area contributed by atoms with E-state index in [1.807, 2.05) is 0 Å². The van der Waals surface area contributed by atoms with Gasteiger partial charge in [0, 0.05) is 6.42 Å².